The molecular weight excluding hydrogens is 280 g/mol. The molecule has 2 aromatic rings. The fraction of sp³-hybridized carbons (Fsp3) is 0.0714. The van der Waals surface area contributed by atoms with Gasteiger partial charge in [0.1, 0.15) is 0 Å². The maximum atomic E-state index is 11.7. The van der Waals surface area contributed by atoms with Crippen molar-refractivity contribution in [2.45, 2.75) is 4.90 Å². The monoisotopic (exact) mass is 292 g/mol. The Balaban J connectivity index is 1.84. The van der Waals surface area contributed by atoms with Gasteiger partial charge in [0.15, 0.2) is 0 Å². The summed E-state index contributed by atoms with van der Waals surface area (Å²) in [6.07, 6.45) is 0. The molecule has 2 rings (SSSR count). The minimum absolute atomic E-state index is 0.0517. The Morgan fingerprint density at radius 2 is 1.74 bits per heavy atom. The lowest BCUT2D eigenvalue weighted by molar-refractivity contribution is -0.113. The lowest BCUT2D eigenvalue weighted by Gasteiger charge is -2.05. The molecule has 0 saturated carbocycles. The SMILES string of the molecule is Nc1ccc(SCC(=O)Nc2ccc(Cl)cc2)cc1. The molecule has 0 aliphatic heterocycles. The van der Waals surface area contributed by atoms with E-state index in [1.165, 1.54) is 11.8 Å². The van der Waals surface area contributed by atoms with Gasteiger partial charge >= 0.3 is 0 Å². The van der Waals surface area contributed by atoms with Crippen molar-refractivity contribution in [2.75, 3.05) is 16.8 Å². The van der Waals surface area contributed by atoms with E-state index in [4.69, 9.17) is 17.3 Å². The molecule has 0 aliphatic carbocycles. The van der Waals surface area contributed by atoms with Crippen molar-refractivity contribution in [3.05, 3.63) is 53.6 Å². The minimum atomic E-state index is -0.0517. The highest BCUT2D eigenvalue weighted by Gasteiger charge is 2.03. The second-order valence-corrected chi connectivity index (χ2v) is 5.40. The molecule has 1 amide bonds. The molecule has 0 radical (unpaired) electrons. The third-order valence-electron chi connectivity index (χ3n) is 2.38. The van der Waals surface area contributed by atoms with Crippen molar-refractivity contribution in [1.29, 1.82) is 0 Å². The Morgan fingerprint density at radius 1 is 1.11 bits per heavy atom. The summed E-state index contributed by atoms with van der Waals surface area (Å²) in [6.45, 7) is 0. The zero-order valence-corrected chi connectivity index (χ0v) is 11.7. The molecule has 0 unspecified atom stereocenters. The summed E-state index contributed by atoms with van der Waals surface area (Å²) in [5, 5.41) is 3.46. The van der Waals surface area contributed by atoms with Crippen molar-refractivity contribution in [3.63, 3.8) is 0 Å². The van der Waals surface area contributed by atoms with Crippen molar-refractivity contribution in [3.8, 4) is 0 Å². The van der Waals surface area contributed by atoms with Crippen molar-refractivity contribution >= 4 is 40.6 Å². The molecule has 0 bridgehead atoms. The first kappa shape index (κ1) is 13.8. The molecule has 0 fully saturated rings. The number of amides is 1. The topological polar surface area (TPSA) is 55.1 Å². The normalized spacial score (nSPS) is 10.2. The van der Waals surface area contributed by atoms with E-state index in [9.17, 15) is 4.79 Å². The highest BCUT2D eigenvalue weighted by Crippen LogP contribution is 2.20. The molecule has 0 spiro atoms. The number of nitrogens with one attached hydrogen (secondary N) is 1. The van der Waals surface area contributed by atoms with Crippen LogP contribution in [0.15, 0.2) is 53.4 Å². The summed E-state index contributed by atoms with van der Waals surface area (Å²) in [5.41, 5.74) is 7.06. The van der Waals surface area contributed by atoms with Gasteiger partial charge in [-0.15, -0.1) is 11.8 Å². The van der Waals surface area contributed by atoms with Crippen molar-refractivity contribution in [2.24, 2.45) is 0 Å². The summed E-state index contributed by atoms with van der Waals surface area (Å²) < 4.78 is 0. The number of carbonyl (C=O) groups is 1. The van der Waals surface area contributed by atoms with E-state index in [0.717, 1.165) is 16.3 Å². The largest absolute Gasteiger partial charge is 0.399 e. The molecule has 0 atom stereocenters. The van der Waals surface area contributed by atoms with E-state index >= 15 is 0 Å². The number of rotatable bonds is 4. The van der Waals surface area contributed by atoms with Gasteiger partial charge < -0.3 is 11.1 Å². The van der Waals surface area contributed by atoms with E-state index in [2.05, 4.69) is 5.32 Å². The van der Waals surface area contributed by atoms with Gasteiger partial charge in [-0.2, -0.15) is 0 Å². The van der Waals surface area contributed by atoms with Gasteiger partial charge in [-0.3, -0.25) is 4.79 Å². The number of carbonyl (C=O) groups excluding carboxylic acids is 1. The summed E-state index contributed by atoms with van der Waals surface area (Å²) in [7, 11) is 0. The van der Waals surface area contributed by atoms with Gasteiger partial charge in [0.2, 0.25) is 5.91 Å². The Morgan fingerprint density at radius 3 is 2.37 bits per heavy atom. The van der Waals surface area contributed by atoms with Gasteiger partial charge in [-0.25, -0.2) is 0 Å². The predicted octanol–water partition coefficient (Wildman–Crippen LogP) is 3.65. The third-order valence-corrected chi connectivity index (χ3v) is 3.64. The molecule has 0 aromatic heterocycles. The number of thioether (sulfide) groups is 1. The van der Waals surface area contributed by atoms with E-state index < -0.39 is 0 Å². The summed E-state index contributed by atoms with van der Waals surface area (Å²) >= 11 is 7.24. The summed E-state index contributed by atoms with van der Waals surface area (Å²) in [5.74, 6) is 0.302. The molecule has 3 nitrogen and oxygen atoms in total. The highest BCUT2D eigenvalue weighted by molar-refractivity contribution is 8.00. The van der Waals surface area contributed by atoms with Gasteiger partial charge in [-0.05, 0) is 48.5 Å². The minimum Gasteiger partial charge on any atom is -0.399 e. The molecule has 0 aliphatic rings. The van der Waals surface area contributed by atoms with Crippen LogP contribution in [0, 0.1) is 0 Å². The van der Waals surface area contributed by atoms with Crippen LogP contribution in [0.3, 0.4) is 0 Å². The lowest BCUT2D eigenvalue weighted by atomic mass is 10.3. The van der Waals surface area contributed by atoms with Crippen LogP contribution in [0.4, 0.5) is 11.4 Å². The average Bonchev–Trinajstić information content (AvgIpc) is 2.41. The standard InChI is InChI=1S/C14H13ClN2OS/c15-10-1-5-12(6-2-10)17-14(18)9-19-13-7-3-11(16)4-8-13/h1-8H,9,16H2,(H,17,18). The second kappa shape index (κ2) is 6.50. The fourth-order valence-corrected chi connectivity index (χ4v) is 2.27. The highest BCUT2D eigenvalue weighted by atomic mass is 35.5. The third kappa shape index (κ3) is 4.50. The fourth-order valence-electron chi connectivity index (χ4n) is 1.44. The number of hydrogen-bond donors (Lipinski definition) is 2. The van der Waals surface area contributed by atoms with Crippen LogP contribution < -0.4 is 11.1 Å². The summed E-state index contributed by atoms with van der Waals surface area (Å²) in [4.78, 5) is 12.8. The molecule has 0 saturated heterocycles. The van der Waals surface area contributed by atoms with Crippen LogP contribution in [0.5, 0.6) is 0 Å². The maximum Gasteiger partial charge on any atom is 0.234 e. The first-order valence-corrected chi connectivity index (χ1v) is 7.03. The lowest BCUT2D eigenvalue weighted by Crippen LogP contribution is -2.13. The molecule has 19 heavy (non-hydrogen) atoms. The molecule has 3 N–H and O–H groups in total. The molecule has 2 aromatic carbocycles. The van der Waals surface area contributed by atoms with E-state index in [-0.39, 0.29) is 5.91 Å². The number of anilines is 2. The van der Waals surface area contributed by atoms with Crippen molar-refractivity contribution in [1.82, 2.24) is 0 Å². The van der Waals surface area contributed by atoms with E-state index in [1.807, 2.05) is 24.3 Å². The number of benzene rings is 2. The molecule has 0 heterocycles. The number of halogens is 1. The molecule has 5 heteroatoms. The van der Waals surface area contributed by atoms with Gasteiger partial charge in [-0.1, -0.05) is 11.6 Å². The number of hydrogen-bond acceptors (Lipinski definition) is 3. The average molecular weight is 293 g/mol. The van der Waals surface area contributed by atoms with Crippen LogP contribution >= 0.6 is 23.4 Å². The number of nitrogens with two attached hydrogens (primary N) is 1. The van der Waals surface area contributed by atoms with Gasteiger partial charge in [0.05, 0.1) is 5.75 Å². The molecule has 98 valence electrons. The van der Waals surface area contributed by atoms with Crippen LogP contribution in [0.2, 0.25) is 5.02 Å². The number of nitrogen functional groups attached to an aromatic ring is 1. The Hall–Kier alpha value is -1.65. The van der Waals surface area contributed by atoms with E-state index in [0.29, 0.717) is 10.8 Å². The first-order chi connectivity index (χ1) is 9.13. The first-order valence-electron chi connectivity index (χ1n) is 5.67. The molecular formula is C14H13ClN2OS. The van der Waals surface area contributed by atoms with Crippen molar-refractivity contribution < 1.29 is 4.79 Å². The zero-order valence-electron chi connectivity index (χ0n) is 10.1. The Labute approximate surface area is 121 Å². The second-order valence-electron chi connectivity index (χ2n) is 3.91. The predicted molar refractivity (Wildman–Crippen MR) is 81.7 cm³/mol. The Bertz CT molecular complexity index is 555. The van der Waals surface area contributed by atoms with Crippen LogP contribution in [0.1, 0.15) is 0 Å². The quantitative estimate of drug-likeness (QED) is 0.668. The van der Waals surface area contributed by atoms with E-state index in [1.54, 1.807) is 24.3 Å². The van der Waals surface area contributed by atoms with Crippen LogP contribution in [-0.2, 0) is 4.79 Å². The smallest absolute Gasteiger partial charge is 0.234 e. The summed E-state index contributed by atoms with van der Waals surface area (Å²) in [6, 6.07) is 14.5. The van der Waals surface area contributed by atoms with Crippen LogP contribution in [0.25, 0.3) is 0 Å². The maximum absolute atomic E-state index is 11.7. The van der Waals surface area contributed by atoms with Crippen LogP contribution in [-0.4, -0.2) is 11.7 Å². The van der Waals surface area contributed by atoms with Gasteiger partial charge in [0, 0.05) is 21.3 Å². The Kier molecular flexibility index (Phi) is 4.71. The van der Waals surface area contributed by atoms with Gasteiger partial charge in [0.25, 0.3) is 0 Å². The zero-order chi connectivity index (χ0) is 13.7.